The first-order chi connectivity index (χ1) is 9.55. The Kier molecular flexibility index (Phi) is 5.98. The number of carbonyl (C=O) groups is 2. The lowest BCUT2D eigenvalue weighted by Crippen LogP contribution is -2.34. The lowest BCUT2D eigenvalue weighted by atomic mass is 10.1. The molecule has 1 rings (SSSR count). The third kappa shape index (κ3) is 5.36. The smallest absolute Gasteiger partial charge is 0.305 e. The molecule has 0 bridgehead atoms. The van der Waals surface area contributed by atoms with Gasteiger partial charge in [0.2, 0.25) is 5.91 Å². The summed E-state index contributed by atoms with van der Waals surface area (Å²) in [5.74, 6) is -1.29. The number of amides is 1. The molecule has 104 valence electrons. The molecule has 0 aliphatic rings. The molecule has 1 unspecified atom stereocenters. The van der Waals surface area contributed by atoms with Crippen LogP contribution in [-0.4, -0.2) is 23.0 Å². The lowest BCUT2D eigenvalue weighted by Gasteiger charge is -2.12. The monoisotopic (exact) mass is 272 g/mol. The summed E-state index contributed by atoms with van der Waals surface area (Å²) in [6, 6.07) is 8.49. The van der Waals surface area contributed by atoms with E-state index in [2.05, 4.69) is 5.32 Å². The van der Waals surface area contributed by atoms with Gasteiger partial charge in [-0.05, 0) is 30.2 Å². The van der Waals surface area contributed by atoms with Gasteiger partial charge in [0.15, 0.2) is 0 Å². The molecule has 0 spiro atoms. The van der Waals surface area contributed by atoms with Crippen molar-refractivity contribution in [2.45, 2.75) is 25.8 Å². The van der Waals surface area contributed by atoms with Crippen molar-refractivity contribution in [2.24, 2.45) is 0 Å². The predicted octanol–water partition coefficient (Wildman–Crippen LogP) is 1.94. The molecule has 0 fully saturated rings. The second-order valence-electron chi connectivity index (χ2n) is 4.28. The van der Waals surface area contributed by atoms with Gasteiger partial charge in [-0.25, -0.2) is 0 Å². The second kappa shape index (κ2) is 7.74. The number of carboxylic acids is 1. The lowest BCUT2D eigenvalue weighted by molar-refractivity contribution is -0.137. The highest BCUT2D eigenvalue weighted by atomic mass is 16.4. The van der Waals surface area contributed by atoms with Gasteiger partial charge in [0.25, 0.3) is 0 Å². The van der Waals surface area contributed by atoms with E-state index < -0.39 is 5.97 Å². The first-order valence-electron chi connectivity index (χ1n) is 6.25. The molecule has 0 heterocycles. The summed E-state index contributed by atoms with van der Waals surface area (Å²) in [5.41, 5.74) is 1.26. The van der Waals surface area contributed by atoms with E-state index in [1.807, 2.05) is 13.0 Å². The molecule has 1 aromatic carbocycles. The molecule has 1 amide bonds. The topological polar surface area (TPSA) is 90.2 Å². The average Bonchev–Trinajstić information content (AvgIpc) is 2.44. The molecule has 1 atom stereocenters. The number of aliphatic carboxylic acids is 1. The van der Waals surface area contributed by atoms with Crippen molar-refractivity contribution in [3.05, 3.63) is 41.5 Å². The highest BCUT2D eigenvalue weighted by Gasteiger charge is 2.12. The van der Waals surface area contributed by atoms with E-state index >= 15 is 0 Å². The van der Waals surface area contributed by atoms with Gasteiger partial charge >= 0.3 is 5.97 Å². The number of rotatable bonds is 6. The van der Waals surface area contributed by atoms with Crippen LogP contribution in [0, 0.1) is 11.3 Å². The molecule has 5 nitrogen and oxygen atoms in total. The summed E-state index contributed by atoms with van der Waals surface area (Å²) in [5, 5.41) is 20.1. The van der Waals surface area contributed by atoms with Crippen LogP contribution in [0.5, 0.6) is 0 Å². The van der Waals surface area contributed by atoms with Gasteiger partial charge < -0.3 is 10.4 Å². The number of benzene rings is 1. The normalized spacial score (nSPS) is 11.8. The minimum Gasteiger partial charge on any atom is -0.481 e. The zero-order valence-corrected chi connectivity index (χ0v) is 11.2. The molecule has 2 N–H and O–H groups in total. The molecule has 5 heteroatoms. The fraction of sp³-hybridized carbons (Fsp3) is 0.267. The number of nitrogens with zero attached hydrogens (tertiary/aromatic N) is 1. The van der Waals surface area contributed by atoms with Crippen molar-refractivity contribution in [3.8, 4) is 6.07 Å². The maximum atomic E-state index is 11.7. The maximum absolute atomic E-state index is 11.7. The standard InChI is InChI=1S/C15H16N2O3/c1-2-13(9-15(19)20)17-14(18)7-6-11-4-3-5-12(8-11)10-16/h3-8,13H,2,9H2,1H3,(H,17,18)(H,19,20)/b7-6+. The number of carbonyl (C=O) groups excluding carboxylic acids is 1. The Bertz CT molecular complexity index is 558. The van der Waals surface area contributed by atoms with Gasteiger partial charge in [-0.15, -0.1) is 0 Å². The molecular formula is C15H16N2O3. The average molecular weight is 272 g/mol. The minimum atomic E-state index is -0.942. The van der Waals surface area contributed by atoms with Gasteiger partial charge in [-0.2, -0.15) is 5.26 Å². The second-order valence-corrected chi connectivity index (χ2v) is 4.28. The fourth-order valence-corrected chi connectivity index (χ4v) is 1.64. The third-order valence-electron chi connectivity index (χ3n) is 2.70. The van der Waals surface area contributed by atoms with E-state index in [1.165, 1.54) is 6.08 Å². The van der Waals surface area contributed by atoms with Crippen molar-refractivity contribution in [3.63, 3.8) is 0 Å². The maximum Gasteiger partial charge on any atom is 0.305 e. The van der Waals surface area contributed by atoms with Crippen LogP contribution in [0.1, 0.15) is 30.9 Å². The van der Waals surface area contributed by atoms with Crippen LogP contribution in [0.2, 0.25) is 0 Å². The number of nitriles is 1. The first kappa shape index (κ1) is 15.4. The van der Waals surface area contributed by atoms with Crippen LogP contribution < -0.4 is 5.32 Å². The molecule has 0 aromatic heterocycles. The van der Waals surface area contributed by atoms with Crippen molar-refractivity contribution in [1.82, 2.24) is 5.32 Å². The van der Waals surface area contributed by atoms with Crippen LogP contribution in [0.25, 0.3) is 6.08 Å². The molecule has 0 aliphatic carbocycles. The van der Waals surface area contributed by atoms with Crippen molar-refractivity contribution < 1.29 is 14.7 Å². The Labute approximate surface area is 117 Å². The number of nitrogens with one attached hydrogen (secondary N) is 1. The van der Waals surface area contributed by atoms with E-state index in [9.17, 15) is 9.59 Å². The Morgan fingerprint density at radius 3 is 2.85 bits per heavy atom. The highest BCUT2D eigenvalue weighted by Crippen LogP contribution is 2.06. The van der Waals surface area contributed by atoms with Crippen LogP contribution in [0.4, 0.5) is 0 Å². The zero-order valence-electron chi connectivity index (χ0n) is 11.2. The Hall–Kier alpha value is -2.61. The van der Waals surface area contributed by atoms with Crippen LogP contribution >= 0.6 is 0 Å². The van der Waals surface area contributed by atoms with Gasteiger partial charge in [-0.1, -0.05) is 19.1 Å². The molecule has 0 saturated carbocycles. The van der Waals surface area contributed by atoms with E-state index in [0.29, 0.717) is 12.0 Å². The minimum absolute atomic E-state index is 0.0972. The predicted molar refractivity (Wildman–Crippen MR) is 74.7 cm³/mol. The van der Waals surface area contributed by atoms with E-state index in [0.717, 1.165) is 5.56 Å². The van der Waals surface area contributed by atoms with Crippen LogP contribution in [-0.2, 0) is 9.59 Å². The van der Waals surface area contributed by atoms with E-state index in [1.54, 1.807) is 30.3 Å². The van der Waals surface area contributed by atoms with Gasteiger partial charge in [0.1, 0.15) is 0 Å². The van der Waals surface area contributed by atoms with Crippen molar-refractivity contribution >= 4 is 18.0 Å². The molecule has 1 aromatic rings. The van der Waals surface area contributed by atoms with Crippen LogP contribution in [0.15, 0.2) is 30.3 Å². The quantitative estimate of drug-likeness (QED) is 0.774. The van der Waals surface area contributed by atoms with Gasteiger partial charge in [-0.3, -0.25) is 9.59 Å². The Morgan fingerprint density at radius 2 is 2.25 bits per heavy atom. The summed E-state index contributed by atoms with van der Waals surface area (Å²) in [6.45, 7) is 1.81. The van der Waals surface area contributed by atoms with Gasteiger partial charge in [0, 0.05) is 12.1 Å². The van der Waals surface area contributed by atoms with Crippen molar-refractivity contribution in [2.75, 3.05) is 0 Å². The summed E-state index contributed by atoms with van der Waals surface area (Å²) in [6.07, 6.45) is 3.38. The Morgan fingerprint density at radius 1 is 1.50 bits per heavy atom. The SMILES string of the molecule is CCC(CC(=O)O)NC(=O)/C=C/c1cccc(C#N)c1. The zero-order chi connectivity index (χ0) is 15.0. The number of hydrogen-bond donors (Lipinski definition) is 2. The summed E-state index contributed by atoms with van der Waals surface area (Å²) < 4.78 is 0. The van der Waals surface area contributed by atoms with Crippen LogP contribution in [0.3, 0.4) is 0 Å². The number of carboxylic acid groups (broad SMARTS) is 1. The molecule has 20 heavy (non-hydrogen) atoms. The molecule has 0 aliphatic heterocycles. The summed E-state index contributed by atoms with van der Waals surface area (Å²) in [4.78, 5) is 22.3. The Balaban J connectivity index is 2.62. The highest BCUT2D eigenvalue weighted by molar-refractivity contribution is 5.92. The molecule has 0 saturated heterocycles. The summed E-state index contributed by atoms with van der Waals surface area (Å²) >= 11 is 0. The number of hydrogen-bond acceptors (Lipinski definition) is 3. The van der Waals surface area contributed by atoms with Gasteiger partial charge in [0.05, 0.1) is 18.1 Å². The fourth-order valence-electron chi connectivity index (χ4n) is 1.64. The molecule has 0 radical (unpaired) electrons. The summed E-state index contributed by atoms with van der Waals surface area (Å²) in [7, 11) is 0. The largest absolute Gasteiger partial charge is 0.481 e. The third-order valence-corrected chi connectivity index (χ3v) is 2.70. The van der Waals surface area contributed by atoms with E-state index in [-0.39, 0.29) is 18.4 Å². The first-order valence-corrected chi connectivity index (χ1v) is 6.25. The van der Waals surface area contributed by atoms with Crippen molar-refractivity contribution in [1.29, 1.82) is 5.26 Å². The van der Waals surface area contributed by atoms with E-state index in [4.69, 9.17) is 10.4 Å². The molecular weight excluding hydrogens is 256 g/mol.